The van der Waals surface area contributed by atoms with Gasteiger partial charge < -0.3 is 5.11 Å². The van der Waals surface area contributed by atoms with E-state index in [4.69, 9.17) is 5.11 Å². The van der Waals surface area contributed by atoms with Crippen LogP contribution in [0.25, 0.3) is 0 Å². The molecule has 114 valence electrons. The van der Waals surface area contributed by atoms with E-state index >= 15 is 0 Å². The van der Waals surface area contributed by atoms with Crippen LogP contribution in [0, 0.1) is 25.7 Å². The summed E-state index contributed by atoms with van der Waals surface area (Å²) >= 11 is 0. The normalized spacial score (nSPS) is 13.7. The fraction of sp³-hybridized carbons (Fsp3) is 0.667. The van der Waals surface area contributed by atoms with E-state index < -0.39 is 21.9 Å². The Morgan fingerprint density at radius 2 is 1.95 bits per heavy atom. The van der Waals surface area contributed by atoms with Crippen molar-refractivity contribution in [2.45, 2.75) is 32.6 Å². The molecular formula is C12H21N3O4S. The van der Waals surface area contributed by atoms with Gasteiger partial charge in [-0.15, -0.1) is 0 Å². The van der Waals surface area contributed by atoms with Crippen molar-refractivity contribution in [3.8, 4) is 0 Å². The van der Waals surface area contributed by atoms with E-state index in [0.29, 0.717) is 11.4 Å². The van der Waals surface area contributed by atoms with Crippen LogP contribution in [0.15, 0.2) is 4.90 Å². The standard InChI is InChI=1S/C12H21N3O4S/c1-7(2)10(12(16)17)6-13-20(18,19)11-8(3)14-15(5)9(11)4/h7,10,13H,6H2,1-5H3,(H,16,17). The molecule has 0 amide bonds. The number of aromatic nitrogens is 2. The number of carboxylic acids is 1. The Morgan fingerprint density at radius 3 is 2.30 bits per heavy atom. The fourth-order valence-corrected chi connectivity index (χ4v) is 3.52. The zero-order chi connectivity index (χ0) is 15.7. The molecule has 0 aliphatic heterocycles. The number of aliphatic carboxylic acids is 1. The van der Waals surface area contributed by atoms with Crippen molar-refractivity contribution in [2.24, 2.45) is 18.9 Å². The van der Waals surface area contributed by atoms with E-state index in [1.165, 1.54) is 4.68 Å². The molecule has 0 aliphatic carbocycles. The number of carbonyl (C=O) groups is 1. The Kier molecular flexibility index (Phi) is 4.93. The summed E-state index contributed by atoms with van der Waals surface area (Å²) in [5.41, 5.74) is 0.917. The minimum absolute atomic E-state index is 0.118. The van der Waals surface area contributed by atoms with E-state index in [1.54, 1.807) is 34.7 Å². The zero-order valence-electron chi connectivity index (χ0n) is 12.3. The van der Waals surface area contributed by atoms with Gasteiger partial charge in [-0.2, -0.15) is 5.10 Å². The van der Waals surface area contributed by atoms with Gasteiger partial charge in [-0.25, -0.2) is 13.1 Å². The third-order valence-electron chi connectivity index (χ3n) is 3.33. The summed E-state index contributed by atoms with van der Waals surface area (Å²) in [4.78, 5) is 11.2. The van der Waals surface area contributed by atoms with Gasteiger partial charge in [-0.1, -0.05) is 13.8 Å². The van der Waals surface area contributed by atoms with Crippen molar-refractivity contribution in [1.82, 2.24) is 14.5 Å². The Bertz CT molecular complexity index is 604. The van der Waals surface area contributed by atoms with Gasteiger partial charge in [0.25, 0.3) is 0 Å². The SMILES string of the molecule is Cc1nn(C)c(C)c1S(=O)(=O)NCC(C(=O)O)C(C)C. The fourth-order valence-electron chi connectivity index (χ4n) is 2.02. The van der Waals surface area contributed by atoms with Crippen molar-refractivity contribution in [2.75, 3.05) is 6.54 Å². The van der Waals surface area contributed by atoms with Gasteiger partial charge in [0.1, 0.15) is 4.90 Å². The van der Waals surface area contributed by atoms with Gasteiger partial charge in [0, 0.05) is 13.6 Å². The van der Waals surface area contributed by atoms with E-state index in [9.17, 15) is 13.2 Å². The molecule has 1 heterocycles. The molecule has 1 unspecified atom stereocenters. The lowest BCUT2D eigenvalue weighted by Crippen LogP contribution is -2.35. The molecule has 0 aliphatic rings. The number of hydrogen-bond donors (Lipinski definition) is 2. The van der Waals surface area contributed by atoms with Gasteiger partial charge in [-0.05, 0) is 19.8 Å². The smallest absolute Gasteiger partial charge is 0.308 e. The molecule has 0 bridgehead atoms. The van der Waals surface area contributed by atoms with Gasteiger partial charge in [-0.3, -0.25) is 9.48 Å². The largest absolute Gasteiger partial charge is 0.481 e. The molecule has 0 spiro atoms. The summed E-state index contributed by atoms with van der Waals surface area (Å²) in [6.07, 6.45) is 0. The monoisotopic (exact) mass is 303 g/mol. The number of sulfonamides is 1. The molecule has 1 atom stereocenters. The van der Waals surface area contributed by atoms with Crippen molar-refractivity contribution in [1.29, 1.82) is 0 Å². The van der Waals surface area contributed by atoms with Gasteiger partial charge >= 0.3 is 5.97 Å². The number of aryl methyl sites for hydroxylation is 2. The van der Waals surface area contributed by atoms with Crippen LogP contribution in [0.5, 0.6) is 0 Å². The number of nitrogens with one attached hydrogen (secondary N) is 1. The lowest BCUT2D eigenvalue weighted by atomic mass is 9.97. The molecule has 8 heteroatoms. The zero-order valence-corrected chi connectivity index (χ0v) is 13.2. The number of rotatable bonds is 6. The summed E-state index contributed by atoms with van der Waals surface area (Å²) in [6.45, 7) is 6.62. The Hall–Kier alpha value is -1.41. The number of nitrogens with zero attached hydrogens (tertiary/aromatic N) is 2. The van der Waals surface area contributed by atoms with E-state index in [-0.39, 0.29) is 17.4 Å². The van der Waals surface area contributed by atoms with Crippen molar-refractivity contribution < 1.29 is 18.3 Å². The molecular weight excluding hydrogens is 282 g/mol. The van der Waals surface area contributed by atoms with Gasteiger partial charge in [0.15, 0.2) is 0 Å². The minimum Gasteiger partial charge on any atom is -0.481 e. The first-order valence-electron chi connectivity index (χ1n) is 6.30. The maximum atomic E-state index is 12.3. The first kappa shape index (κ1) is 16.6. The van der Waals surface area contributed by atoms with Crippen LogP contribution >= 0.6 is 0 Å². The highest BCUT2D eigenvalue weighted by Crippen LogP contribution is 2.19. The third-order valence-corrected chi connectivity index (χ3v) is 5.00. The lowest BCUT2D eigenvalue weighted by molar-refractivity contribution is -0.142. The number of carboxylic acid groups (broad SMARTS) is 1. The number of hydrogen-bond acceptors (Lipinski definition) is 4. The average molecular weight is 303 g/mol. The minimum atomic E-state index is -3.76. The summed E-state index contributed by atoms with van der Waals surface area (Å²) in [5, 5.41) is 13.1. The molecule has 0 radical (unpaired) electrons. The van der Waals surface area contributed by atoms with E-state index in [1.807, 2.05) is 0 Å². The highest BCUT2D eigenvalue weighted by molar-refractivity contribution is 7.89. The summed E-state index contributed by atoms with van der Waals surface area (Å²) in [5.74, 6) is -1.93. The second-order valence-electron chi connectivity index (χ2n) is 5.16. The quantitative estimate of drug-likeness (QED) is 0.804. The molecule has 0 saturated carbocycles. The maximum Gasteiger partial charge on any atom is 0.308 e. The van der Waals surface area contributed by atoms with Gasteiger partial charge in [0.05, 0.1) is 17.3 Å². The van der Waals surface area contributed by atoms with Crippen molar-refractivity contribution >= 4 is 16.0 Å². The second kappa shape index (κ2) is 5.92. The summed E-state index contributed by atoms with van der Waals surface area (Å²) < 4.78 is 28.4. The Morgan fingerprint density at radius 1 is 1.40 bits per heavy atom. The van der Waals surface area contributed by atoms with Crippen LogP contribution in [-0.4, -0.2) is 35.8 Å². The molecule has 0 aromatic carbocycles. The first-order valence-corrected chi connectivity index (χ1v) is 7.79. The lowest BCUT2D eigenvalue weighted by Gasteiger charge is -2.16. The van der Waals surface area contributed by atoms with Crippen LogP contribution in [0.3, 0.4) is 0 Å². The van der Waals surface area contributed by atoms with Crippen LogP contribution in [0.2, 0.25) is 0 Å². The summed E-state index contributed by atoms with van der Waals surface area (Å²) in [6, 6.07) is 0. The molecule has 1 rings (SSSR count). The molecule has 0 saturated heterocycles. The molecule has 1 aromatic heterocycles. The van der Waals surface area contributed by atoms with Crippen molar-refractivity contribution in [3.63, 3.8) is 0 Å². The Labute approximate surface area is 119 Å². The summed E-state index contributed by atoms with van der Waals surface area (Å²) in [7, 11) is -2.10. The molecule has 20 heavy (non-hydrogen) atoms. The predicted molar refractivity (Wildman–Crippen MR) is 73.8 cm³/mol. The van der Waals surface area contributed by atoms with E-state index in [2.05, 4.69) is 9.82 Å². The predicted octanol–water partition coefficient (Wildman–Crippen LogP) is 0.672. The topological polar surface area (TPSA) is 101 Å². The highest BCUT2D eigenvalue weighted by Gasteiger charge is 2.27. The molecule has 7 nitrogen and oxygen atoms in total. The van der Waals surface area contributed by atoms with Crippen LogP contribution in [0.1, 0.15) is 25.2 Å². The van der Waals surface area contributed by atoms with Crippen molar-refractivity contribution in [3.05, 3.63) is 11.4 Å². The molecule has 0 fully saturated rings. The Balaban J connectivity index is 2.99. The van der Waals surface area contributed by atoms with E-state index in [0.717, 1.165) is 0 Å². The van der Waals surface area contributed by atoms with Crippen LogP contribution < -0.4 is 4.72 Å². The molecule has 2 N–H and O–H groups in total. The average Bonchev–Trinajstić information content (AvgIpc) is 2.52. The first-order chi connectivity index (χ1) is 9.08. The highest BCUT2D eigenvalue weighted by atomic mass is 32.2. The van der Waals surface area contributed by atoms with Crippen LogP contribution in [-0.2, 0) is 21.9 Å². The van der Waals surface area contributed by atoms with Crippen LogP contribution in [0.4, 0.5) is 0 Å². The third kappa shape index (κ3) is 3.37. The molecule has 1 aromatic rings. The van der Waals surface area contributed by atoms with Gasteiger partial charge in [0.2, 0.25) is 10.0 Å². The second-order valence-corrected chi connectivity index (χ2v) is 6.87. The maximum absolute atomic E-state index is 12.3.